The normalized spacial score (nSPS) is 11.8. The van der Waals surface area contributed by atoms with Gasteiger partial charge in [0.1, 0.15) is 6.04 Å². The van der Waals surface area contributed by atoms with E-state index >= 15 is 0 Å². The molecule has 0 aliphatic heterocycles. The third-order valence-corrected chi connectivity index (χ3v) is 2.43. The lowest BCUT2D eigenvalue weighted by Crippen LogP contribution is -2.38. The van der Waals surface area contributed by atoms with E-state index in [-0.39, 0.29) is 5.69 Å². The number of nitrogens with zero attached hydrogens (tertiary/aromatic N) is 3. The Bertz CT molecular complexity index is 594. The molecule has 7 nitrogen and oxygen atoms in total. The van der Waals surface area contributed by atoms with Crippen molar-refractivity contribution in [1.82, 2.24) is 20.3 Å². The number of aliphatic carboxylic acids is 1. The van der Waals surface area contributed by atoms with Crippen LogP contribution < -0.4 is 5.32 Å². The molecule has 0 fully saturated rings. The van der Waals surface area contributed by atoms with Gasteiger partial charge in [-0.25, -0.2) is 0 Å². The number of carbonyl (C=O) groups excluding carboxylic acids is 1. The van der Waals surface area contributed by atoms with E-state index in [0.29, 0.717) is 5.69 Å². The number of amides is 1. The van der Waals surface area contributed by atoms with Crippen molar-refractivity contribution in [3.05, 3.63) is 42.2 Å². The minimum atomic E-state index is -1.11. The van der Waals surface area contributed by atoms with Gasteiger partial charge < -0.3 is 10.4 Å². The highest BCUT2D eigenvalue weighted by Crippen LogP contribution is 2.04. The van der Waals surface area contributed by atoms with Crippen molar-refractivity contribution in [3.8, 4) is 5.69 Å². The summed E-state index contributed by atoms with van der Waals surface area (Å²) in [6.45, 7) is 1.38. The van der Waals surface area contributed by atoms with Crippen LogP contribution in [0.2, 0.25) is 0 Å². The Kier molecular flexibility index (Phi) is 3.56. The lowest BCUT2D eigenvalue weighted by atomic mass is 10.3. The number of carboxylic acids is 1. The minimum absolute atomic E-state index is 0.0666. The Morgan fingerprint density at radius 2 is 2.00 bits per heavy atom. The lowest BCUT2D eigenvalue weighted by Gasteiger charge is -2.06. The van der Waals surface area contributed by atoms with Crippen molar-refractivity contribution in [2.24, 2.45) is 0 Å². The molecule has 0 unspecified atom stereocenters. The average molecular weight is 260 g/mol. The molecule has 2 rings (SSSR count). The minimum Gasteiger partial charge on any atom is -0.480 e. The molecular formula is C12H12N4O3. The van der Waals surface area contributed by atoms with Crippen molar-refractivity contribution in [2.75, 3.05) is 0 Å². The summed E-state index contributed by atoms with van der Waals surface area (Å²) in [6, 6.07) is 8.11. The highest BCUT2D eigenvalue weighted by molar-refractivity contribution is 5.94. The van der Waals surface area contributed by atoms with E-state index in [9.17, 15) is 9.59 Å². The molecule has 1 amide bonds. The maximum atomic E-state index is 11.7. The molecule has 1 aromatic heterocycles. The molecule has 0 saturated carbocycles. The Hall–Kier alpha value is -2.70. The van der Waals surface area contributed by atoms with Gasteiger partial charge in [-0.2, -0.15) is 9.90 Å². The molecule has 0 bridgehead atoms. The van der Waals surface area contributed by atoms with Crippen LogP contribution in [-0.2, 0) is 4.79 Å². The van der Waals surface area contributed by atoms with Gasteiger partial charge in [-0.15, -0.1) is 5.10 Å². The largest absolute Gasteiger partial charge is 0.480 e. The van der Waals surface area contributed by atoms with Gasteiger partial charge in [-0.05, 0) is 19.1 Å². The SMILES string of the molecule is C[C@H](NC(=O)c1cnn(-c2ccccc2)n1)C(=O)O. The van der Waals surface area contributed by atoms with Crippen molar-refractivity contribution in [3.63, 3.8) is 0 Å². The summed E-state index contributed by atoms with van der Waals surface area (Å²) in [5.41, 5.74) is 0.782. The van der Waals surface area contributed by atoms with Crippen LogP contribution in [0.15, 0.2) is 36.5 Å². The first-order valence-electron chi connectivity index (χ1n) is 5.59. The van der Waals surface area contributed by atoms with E-state index in [1.165, 1.54) is 17.9 Å². The summed E-state index contributed by atoms with van der Waals surface area (Å²) in [5, 5.41) is 19.0. The van der Waals surface area contributed by atoms with Crippen LogP contribution in [0.5, 0.6) is 0 Å². The predicted octanol–water partition coefficient (Wildman–Crippen LogP) is 0.470. The van der Waals surface area contributed by atoms with Crippen LogP contribution in [0.4, 0.5) is 0 Å². The fraction of sp³-hybridized carbons (Fsp3) is 0.167. The highest BCUT2D eigenvalue weighted by Gasteiger charge is 2.17. The second-order valence-corrected chi connectivity index (χ2v) is 3.89. The quantitative estimate of drug-likeness (QED) is 0.832. The van der Waals surface area contributed by atoms with Gasteiger partial charge in [0.15, 0.2) is 5.69 Å². The Balaban J connectivity index is 2.13. The van der Waals surface area contributed by atoms with Crippen molar-refractivity contribution in [2.45, 2.75) is 13.0 Å². The molecule has 0 spiro atoms. The first-order valence-corrected chi connectivity index (χ1v) is 5.59. The van der Waals surface area contributed by atoms with Crippen LogP contribution >= 0.6 is 0 Å². The zero-order chi connectivity index (χ0) is 13.8. The molecule has 0 aliphatic rings. The molecule has 98 valence electrons. The van der Waals surface area contributed by atoms with Crippen LogP contribution in [0.1, 0.15) is 17.4 Å². The molecule has 19 heavy (non-hydrogen) atoms. The zero-order valence-electron chi connectivity index (χ0n) is 10.1. The fourth-order valence-electron chi connectivity index (χ4n) is 1.39. The molecule has 0 saturated heterocycles. The fourth-order valence-corrected chi connectivity index (χ4v) is 1.39. The van der Waals surface area contributed by atoms with E-state index in [1.807, 2.05) is 18.2 Å². The molecule has 0 radical (unpaired) electrons. The van der Waals surface area contributed by atoms with Gasteiger partial charge in [0.2, 0.25) is 0 Å². The summed E-state index contributed by atoms with van der Waals surface area (Å²) in [7, 11) is 0. The first kappa shape index (κ1) is 12.7. The number of benzene rings is 1. The maximum absolute atomic E-state index is 11.7. The van der Waals surface area contributed by atoms with Crippen molar-refractivity contribution >= 4 is 11.9 Å². The van der Waals surface area contributed by atoms with Gasteiger partial charge in [-0.3, -0.25) is 9.59 Å². The lowest BCUT2D eigenvalue weighted by molar-refractivity contribution is -0.138. The molecule has 0 aliphatic carbocycles. The Morgan fingerprint density at radius 3 is 2.63 bits per heavy atom. The molecule has 2 N–H and O–H groups in total. The topological polar surface area (TPSA) is 97.1 Å². The number of aromatic nitrogens is 3. The van der Waals surface area contributed by atoms with Crippen LogP contribution in [0.25, 0.3) is 5.69 Å². The number of carboxylic acid groups (broad SMARTS) is 1. The van der Waals surface area contributed by atoms with Crippen LogP contribution in [-0.4, -0.2) is 38.0 Å². The van der Waals surface area contributed by atoms with Gasteiger partial charge in [0.05, 0.1) is 11.9 Å². The number of para-hydroxylation sites is 1. The van der Waals surface area contributed by atoms with E-state index in [4.69, 9.17) is 5.11 Å². The van der Waals surface area contributed by atoms with Crippen molar-refractivity contribution < 1.29 is 14.7 Å². The second kappa shape index (κ2) is 5.30. The molecule has 2 aromatic rings. The van der Waals surface area contributed by atoms with E-state index in [0.717, 1.165) is 0 Å². The highest BCUT2D eigenvalue weighted by atomic mass is 16.4. The number of rotatable bonds is 4. The van der Waals surface area contributed by atoms with Crippen LogP contribution in [0.3, 0.4) is 0 Å². The van der Waals surface area contributed by atoms with Crippen LogP contribution in [0, 0.1) is 0 Å². The zero-order valence-corrected chi connectivity index (χ0v) is 10.1. The maximum Gasteiger partial charge on any atom is 0.325 e. The van der Waals surface area contributed by atoms with E-state index in [1.54, 1.807) is 12.1 Å². The van der Waals surface area contributed by atoms with Gasteiger partial charge >= 0.3 is 5.97 Å². The third kappa shape index (κ3) is 2.95. The smallest absolute Gasteiger partial charge is 0.325 e. The average Bonchev–Trinajstić information content (AvgIpc) is 2.89. The molecule has 7 heteroatoms. The van der Waals surface area contributed by atoms with E-state index in [2.05, 4.69) is 15.5 Å². The summed E-state index contributed by atoms with van der Waals surface area (Å²) in [4.78, 5) is 23.7. The van der Waals surface area contributed by atoms with Gasteiger partial charge in [0, 0.05) is 0 Å². The van der Waals surface area contributed by atoms with Gasteiger partial charge in [-0.1, -0.05) is 18.2 Å². The number of carbonyl (C=O) groups is 2. The Morgan fingerprint density at radius 1 is 1.32 bits per heavy atom. The summed E-state index contributed by atoms with van der Waals surface area (Å²) < 4.78 is 0. The molecule has 1 aromatic carbocycles. The monoisotopic (exact) mass is 260 g/mol. The second-order valence-electron chi connectivity index (χ2n) is 3.89. The first-order chi connectivity index (χ1) is 9.08. The predicted molar refractivity (Wildman–Crippen MR) is 65.9 cm³/mol. The summed E-state index contributed by atoms with van der Waals surface area (Å²) in [5.74, 6) is -1.68. The molecular weight excluding hydrogens is 248 g/mol. The molecule has 1 heterocycles. The number of hydrogen-bond donors (Lipinski definition) is 2. The van der Waals surface area contributed by atoms with Crippen molar-refractivity contribution in [1.29, 1.82) is 0 Å². The third-order valence-electron chi connectivity index (χ3n) is 2.43. The van der Waals surface area contributed by atoms with Gasteiger partial charge in [0.25, 0.3) is 5.91 Å². The molecule has 1 atom stereocenters. The summed E-state index contributed by atoms with van der Waals surface area (Å²) >= 11 is 0. The standard InChI is InChI=1S/C12H12N4O3/c1-8(12(18)19)14-11(17)10-7-13-16(15-10)9-5-3-2-4-6-9/h2-8H,1H3,(H,14,17)(H,18,19)/t8-/m0/s1. The number of hydrogen-bond acceptors (Lipinski definition) is 4. The number of nitrogens with one attached hydrogen (secondary N) is 1. The summed E-state index contributed by atoms with van der Waals surface area (Å²) in [6.07, 6.45) is 1.29. The Labute approximate surface area is 108 Å². The van der Waals surface area contributed by atoms with E-state index < -0.39 is 17.9 Å².